The summed E-state index contributed by atoms with van der Waals surface area (Å²) in [6, 6.07) is 7.22. The van der Waals surface area contributed by atoms with Crippen LogP contribution in [-0.4, -0.2) is 33.6 Å². The molecule has 0 spiro atoms. The van der Waals surface area contributed by atoms with Crippen LogP contribution >= 0.6 is 0 Å². The van der Waals surface area contributed by atoms with E-state index in [0.29, 0.717) is 10.6 Å². The van der Waals surface area contributed by atoms with Crippen molar-refractivity contribution in [3.63, 3.8) is 0 Å². The zero-order valence-corrected chi connectivity index (χ0v) is 12.8. The molecule has 5 nitrogen and oxygen atoms in total. The van der Waals surface area contributed by atoms with Crippen LogP contribution in [0.2, 0.25) is 0 Å². The fraction of sp³-hybridized carbons (Fsp3) is 0.571. The van der Waals surface area contributed by atoms with E-state index < -0.39 is 10.0 Å². The molecule has 1 aromatic carbocycles. The van der Waals surface area contributed by atoms with Gasteiger partial charge in [0.05, 0.1) is 5.69 Å². The van der Waals surface area contributed by atoms with Gasteiger partial charge in [0.25, 0.3) is 0 Å². The van der Waals surface area contributed by atoms with Crippen LogP contribution in [0, 0.1) is 0 Å². The summed E-state index contributed by atoms with van der Waals surface area (Å²) in [5, 5.41) is 6.67. The highest BCUT2D eigenvalue weighted by molar-refractivity contribution is 7.89. The Morgan fingerprint density at radius 2 is 2.05 bits per heavy atom. The molecule has 2 rings (SSSR count). The number of para-hydroxylation sites is 1. The van der Waals surface area contributed by atoms with Gasteiger partial charge in [-0.1, -0.05) is 12.1 Å². The molecule has 1 fully saturated rings. The number of nitrogens with one attached hydrogen (secondary N) is 3. The fourth-order valence-corrected chi connectivity index (χ4v) is 3.81. The molecule has 1 heterocycles. The van der Waals surface area contributed by atoms with E-state index in [1.807, 2.05) is 26.0 Å². The van der Waals surface area contributed by atoms with Gasteiger partial charge in [0.1, 0.15) is 4.90 Å². The molecular weight excluding hydrogens is 274 g/mol. The highest BCUT2D eigenvalue weighted by atomic mass is 32.2. The molecule has 0 bridgehead atoms. The molecule has 0 saturated carbocycles. The standard InChI is InChI=1S/C14H23N3O2S/c1-11(2)17-20(18,19)14-8-4-3-7-13(14)16-12-6-5-9-15-10-12/h3-4,7-8,11-12,15-17H,5-6,9-10H2,1-2H3. The van der Waals surface area contributed by atoms with E-state index in [9.17, 15) is 8.42 Å². The van der Waals surface area contributed by atoms with Gasteiger partial charge in [-0.2, -0.15) is 0 Å². The maximum Gasteiger partial charge on any atom is 0.242 e. The summed E-state index contributed by atoms with van der Waals surface area (Å²) in [5.41, 5.74) is 0.675. The van der Waals surface area contributed by atoms with Gasteiger partial charge in [0.15, 0.2) is 0 Å². The van der Waals surface area contributed by atoms with E-state index in [4.69, 9.17) is 0 Å². The second-order valence-corrected chi connectivity index (χ2v) is 7.14. The zero-order valence-electron chi connectivity index (χ0n) is 12.0. The molecule has 3 N–H and O–H groups in total. The third-order valence-corrected chi connectivity index (χ3v) is 4.94. The summed E-state index contributed by atoms with van der Waals surface area (Å²) in [4.78, 5) is 0.319. The summed E-state index contributed by atoms with van der Waals surface area (Å²) in [5.74, 6) is 0. The Kier molecular flexibility index (Phi) is 5.01. The summed E-state index contributed by atoms with van der Waals surface area (Å²) >= 11 is 0. The van der Waals surface area contributed by atoms with Gasteiger partial charge in [-0.25, -0.2) is 13.1 Å². The predicted octanol–water partition coefficient (Wildman–Crippen LogP) is 1.54. The highest BCUT2D eigenvalue weighted by Crippen LogP contribution is 2.22. The summed E-state index contributed by atoms with van der Waals surface area (Å²) in [6.07, 6.45) is 2.16. The highest BCUT2D eigenvalue weighted by Gasteiger charge is 2.21. The van der Waals surface area contributed by atoms with Crippen LogP contribution in [0.4, 0.5) is 5.69 Å². The maximum atomic E-state index is 12.3. The number of hydrogen-bond donors (Lipinski definition) is 3. The van der Waals surface area contributed by atoms with Crippen LogP contribution in [0.1, 0.15) is 26.7 Å². The minimum atomic E-state index is -3.47. The Labute approximate surface area is 121 Å². The molecule has 0 amide bonds. The second-order valence-electron chi connectivity index (χ2n) is 5.46. The van der Waals surface area contributed by atoms with Crippen molar-refractivity contribution in [2.24, 2.45) is 0 Å². The Bertz CT molecular complexity index is 537. The minimum Gasteiger partial charge on any atom is -0.380 e. The topological polar surface area (TPSA) is 70.2 Å². The Morgan fingerprint density at radius 3 is 2.70 bits per heavy atom. The maximum absolute atomic E-state index is 12.3. The van der Waals surface area contributed by atoms with Crippen molar-refractivity contribution in [1.82, 2.24) is 10.0 Å². The van der Waals surface area contributed by atoms with Gasteiger partial charge in [-0.15, -0.1) is 0 Å². The molecule has 0 radical (unpaired) electrons. The van der Waals surface area contributed by atoms with E-state index in [-0.39, 0.29) is 12.1 Å². The molecule has 112 valence electrons. The number of benzene rings is 1. The van der Waals surface area contributed by atoms with Crippen LogP contribution in [0.5, 0.6) is 0 Å². The monoisotopic (exact) mass is 297 g/mol. The lowest BCUT2D eigenvalue weighted by atomic mass is 10.1. The molecule has 0 aromatic heterocycles. The normalized spacial score (nSPS) is 20.1. The number of anilines is 1. The molecule has 1 aliphatic heterocycles. The zero-order chi connectivity index (χ0) is 14.6. The number of hydrogen-bond acceptors (Lipinski definition) is 4. The van der Waals surface area contributed by atoms with E-state index in [0.717, 1.165) is 25.9 Å². The number of sulfonamides is 1. The van der Waals surface area contributed by atoms with Crippen molar-refractivity contribution in [2.45, 2.75) is 43.7 Å². The summed E-state index contributed by atoms with van der Waals surface area (Å²) in [6.45, 7) is 5.54. The van der Waals surface area contributed by atoms with Gasteiger partial charge < -0.3 is 10.6 Å². The van der Waals surface area contributed by atoms with E-state index in [1.54, 1.807) is 12.1 Å². The first kappa shape index (κ1) is 15.3. The summed E-state index contributed by atoms with van der Waals surface area (Å²) in [7, 11) is -3.47. The summed E-state index contributed by atoms with van der Waals surface area (Å²) < 4.78 is 27.3. The first-order valence-corrected chi connectivity index (χ1v) is 8.56. The van der Waals surface area contributed by atoms with Crippen molar-refractivity contribution in [1.29, 1.82) is 0 Å². The SMILES string of the molecule is CC(C)NS(=O)(=O)c1ccccc1NC1CCCNC1. The molecule has 1 aliphatic rings. The first-order valence-electron chi connectivity index (χ1n) is 7.07. The average molecular weight is 297 g/mol. The molecule has 1 atom stereocenters. The number of rotatable bonds is 5. The lowest BCUT2D eigenvalue weighted by molar-refractivity contribution is 0.479. The molecule has 6 heteroatoms. The van der Waals surface area contributed by atoms with E-state index in [2.05, 4.69) is 15.4 Å². The van der Waals surface area contributed by atoms with Crippen LogP contribution in [0.15, 0.2) is 29.2 Å². The lowest BCUT2D eigenvalue weighted by Gasteiger charge is -2.26. The van der Waals surface area contributed by atoms with Crippen LogP contribution in [0.3, 0.4) is 0 Å². The van der Waals surface area contributed by atoms with Crippen LogP contribution < -0.4 is 15.4 Å². The molecular formula is C14H23N3O2S. The number of piperidine rings is 1. The van der Waals surface area contributed by atoms with Gasteiger partial charge in [-0.05, 0) is 45.4 Å². The van der Waals surface area contributed by atoms with Gasteiger partial charge in [0.2, 0.25) is 10.0 Å². The van der Waals surface area contributed by atoms with Crippen molar-refractivity contribution in [3.8, 4) is 0 Å². The van der Waals surface area contributed by atoms with E-state index in [1.165, 1.54) is 0 Å². The van der Waals surface area contributed by atoms with Crippen molar-refractivity contribution >= 4 is 15.7 Å². The molecule has 1 saturated heterocycles. The van der Waals surface area contributed by atoms with Gasteiger partial charge in [0, 0.05) is 18.6 Å². The lowest BCUT2D eigenvalue weighted by Crippen LogP contribution is -2.39. The smallest absolute Gasteiger partial charge is 0.242 e. The van der Waals surface area contributed by atoms with Crippen LogP contribution in [-0.2, 0) is 10.0 Å². The van der Waals surface area contributed by atoms with E-state index >= 15 is 0 Å². The predicted molar refractivity (Wildman–Crippen MR) is 81.4 cm³/mol. The quantitative estimate of drug-likeness (QED) is 0.771. The molecule has 1 aromatic rings. The third kappa shape index (κ3) is 3.94. The molecule has 20 heavy (non-hydrogen) atoms. The second kappa shape index (κ2) is 6.56. The first-order chi connectivity index (χ1) is 9.49. The van der Waals surface area contributed by atoms with Gasteiger partial charge in [-0.3, -0.25) is 0 Å². The Morgan fingerprint density at radius 1 is 1.30 bits per heavy atom. The van der Waals surface area contributed by atoms with Gasteiger partial charge >= 0.3 is 0 Å². The minimum absolute atomic E-state index is 0.121. The fourth-order valence-electron chi connectivity index (χ4n) is 2.39. The largest absolute Gasteiger partial charge is 0.380 e. The van der Waals surface area contributed by atoms with Crippen molar-refractivity contribution < 1.29 is 8.42 Å². The van der Waals surface area contributed by atoms with Crippen LogP contribution in [0.25, 0.3) is 0 Å². The van der Waals surface area contributed by atoms with Crippen molar-refractivity contribution in [2.75, 3.05) is 18.4 Å². The Hall–Kier alpha value is -1.11. The third-order valence-electron chi connectivity index (χ3n) is 3.22. The molecule has 0 aliphatic carbocycles. The average Bonchev–Trinajstić information content (AvgIpc) is 2.39. The Balaban J connectivity index is 2.21. The van der Waals surface area contributed by atoms with Crippen molar-refractivity contribution in [3.05, 3.63) is 24.3 Å². The molecule has 1 unspecified atom stereocenters.